The van der Waals surface area contributed by atoms with Crippen LogP contribution in [-0.4, -0.2) is 54.0 Å². The number of thioether (sulfide) groups is 1. The molecule has 1 N–H and O–H groups in total. The molecule has 0 fully saturated rings. The van der Waals surface area contributed by atoms with Crippen LogP contribution >= 0.6 is 23.4 Å². The third kappa shape index (κ3) is 6.22. The Morgan fingerprint density at radius 3 is 2.30 bits per heavy atom. The van der Waals surface area contributed by atoms with Crippen molar-refractivity contribution in [3.8, 4) is 34.3 Å². The monoisotopic (exact) mass is 537 g/mol. The van der Waals surface area contributed by atoms with Crippen molar-refractivity contribution in [3.63, 3.8) is 0 Å². The summed E-state index contributed by atoms with van der Waals surface area (Å²) in [6.45, 7) is 0. The molecule has 0 spiro atoms. The van der Waals surface area contributed by atoms with Gasteiger partial charge in [-0.25, -0.2) is 5.43 Å². The van der Waals surface area contributed by atoms with Crippen molar-refractivity contribution in [1.29, 1.82) is 0 Å². The molecule has 0 bridgehead atoms. The Balaban J connectivity index is 1.59. The van der Waals surface area contributed by atoms with Crippen molar-refractivity contribution >= 4 is 35.5 Å². The zero-order valence-corrected chi connectivity index (χ0v) is 21.9. The maximum atomic E-state index is 12.5. The molecule has 9 nitrogen and oxygen atoms in total. The van der Waals surface area contributed by atoms with Crippen LogP contribution < -0.4 is 19.6 Å². The molecule has 0 aliphatic heterocycles. The number of para-hydroxylation sites is 1. The Labute approximate surface area is 223 Å². The number of carbonyl (C=O) groups excluding carboxylic acids is 1. The largest absolute Gasteiger partial charge is 0.493 e. The van der Waals surface area contributed by atoms with Crippen LogP contribution in [0.15, 0.2) is 77.0 Å². The van der Waals surface area contributed by atoms with Crippen molar-refractivity contribution in [2.24, 2.45) is 5.10 Å². The van der Waals surface area contributed by atoms with Crippen LogP contribution in [0, 0.1) is 0 Å². The number of hydrazone groups is 1. The Bertz CT molecular complexity index is 1370. The highest BCUT2D eigenvalue weighted by molar-refractivity contribution is 7.99. The molecule has 3 aromatic carbocycles. The maximum Gasteiger partial charge on any atom is 0.250 e. The van der Waals surface area contributed by atoms with E-state index in [1.807, 2.05) is 34.9 Å². The number of ether oxygens (including phenoxy) is 3. The minimum Gasteiger partial charge on any atom is -0.493 e. The van der Waals surface area contributed by atoms with Gasteiger partial charge >= 0.3 is 0 Å². The highest BCUT2D eigenvalue weighted by Gasteiger charge is 2.21. The zero-order valence-electron chi connectivity index (χ0n) is 20.3. The molecule has 0 saturated heterocycles. The zero-order chi connectivity index (χ0) is 26.2. The summed E-state index contributed by atoms with van der Waals surface area (Å²) in [7, 11) is 4.66. The summed E-state index contributed by atoms with van der Waals surface area (Å²) in [5, 5.41) is 14.0. The van der Waals surface area contributed by atoms with E-state index in [1.54, 1.807) is 63.9 Å². The van der Waals surface area contributed by atoms with E-state index in [0.29, 0.717) is 38.8 Å². The predicted molar refractivity (Wildman–Crippen MR) is 144 cm³/mol. The first kappa shape index (κ1) is 26.1. The summed E-state index contributed by atoms with van der Waals surface area (Å²) in [6, 6.07) is 20.4. The third-order valence-electron chi connectivity index (χ3n) is 5.18. The number of benzene rings is 3. The summed E-state index contributed by atoms with van der Waals surface area (Å²) >= 11 is 7.13. The summed E-state index contributed by atoms with van der Waals surface area (Å²) in [5.41, 5.74) is 4.88. The first-order valence-corrected chi connectivity index (χ1v) is 12.4. The predicted octanol–water partition coefficient (Wildman–Crippen LogP) is 4.86. The standard InChI is InChI=1S/C26H24ClN5O4S/c1-34-21-13-18(14-22(35-2)24(21)36-3)25-30-31-26(32(25)20-7-5-4-6-8-20)37-16-23(33)29-28-15-17-9-11-19(27)12-10-17/h4-15H,16H2,1-3H3,(H,29,33)/b28-15+. The number of carbonyl (C=O) groups is 1. The SMILES string of the molecule is COc1cc(-c2nnc(SCC(=O)N/N=C/c3ccc(Cl)cc3)n2-c2ccccc2)cc(OC)c1OC. The lowest BCUT2D eigenvalue weighted by molar-refractivity contribution is -0.118. The van der Waals surface area contributed by atoms with E-state index >= 15 is 0 Å². The van der Waals surface area contributed by atoms with Gasteiger partial charge in [-0.05, 0) is 42.0 Å². The van der Waals surface area contributed by atoms with E-state index < -0.39 is 0 Å². The first-order valence-electron chi connectivity index (χ1n) is 11.1. The average Bonchev–Trinajstić information content (AvgIpc) is 3.36. The molecule has 0 aliphatic carbocycles. The van der Waals surface area contributed by atoms with Gasteiger partial charge in [-0.1, -0.05) is 53.7 Å². The number of amides is 1. The highest BCUT2D eigenvalue weighted by Crippen LogP contribution is 2.41. The van der Waals surface area contributed by atoms with Crippen LogP contribution in [0.2, 0.25) is 5.02 Å². The van der Waals surface area contributed by atoms with Gasteiger partial charge in [-0.15, -0.1) is 10.2 Å². The number of hydrogen-bond acceptors (Lipinski definition) is 8. The molecule has 0 unspecified atom stereocenters. The molecule has 4 rings (SSSR count). The molecule has 0 atom stereocenters. The second kappa shape index (κ2) is 12.3. The molecule has 0 aliphatic rings. The fraction of sp³-hybridized carbons (Fsp3) is 0.154. The topological polar surface area (TPSA) is 99.9 Å². The molecule has 190 valence electrons. The van der Waals surface area contributed by atoms with Crippen LogP contribution in [0.5, 0.6) is 17.2 Å². The summed E-state index contributed by atoms with van der Waals surface area (Å²) < 4.78 is 18.3. The molecular formula is C26H24ClN5O4S. The molecule has 11 heteroatoms. The minimum absolute atomic E-state index is 0.0815. The van der Waals surface area contributed by atoms with Crippen LogP contribution in [0.3, 0.4) is 0 Å². The van der Waals surface area contributed by atoms with Gasteiger partial charge in [0.05, 0.1) is 33.3 Å². The van der Waals surface area contributed by atoms with Gasteiger partial charge in [0.25, 0.3) is 5.91 Å². The Kier molecular flexibility index (Phi) is 8.65. The highest BCUT2D eigenvalue weighted by atomic mass is 35.5. The van der Waals surface area contributed by atoms with Gasteiger partial charge in [0.15, 0.2) is 22.5 Å². The number of hydrogen-bond donors (Lipinski definition) is 1. The number of nitrogens with zero attached hydrogens (tertiary/aromatic N) is 4. The van der Waals surface area contributed by atoms with Gasteiger partial charge in [0.2, 0.25) is 5.75 Å². The van der Waals surface area contributed by atoms with E-state index in [2.05, 4.69) is 20.7 Å². The van der Waals surface area contributed by atoms with E-state index in [0.717, 1.165) is 11.3 Å². The fourth-order valence-corrected chi connectivity index (χ4v) is 4.33. The number of rotatable bonds is 10. The normalized spacial score (nSPS) is 10.9. The van der Waals surface area contributed by atoms with Crippen molar-refractivity contribution in [3.05, 3.63) is 77.3 Å². The summed E-state index contributed by atoms with van der Waals surface area (Å²) in [4.78, 5) is 12.5. The quantitative estimate of drug-likeness (QED) is 0.175. The Hall–Kier alpha value is -4.02. The number of aromatic nitrogens is 3. The average molecular weight is 538 g/mol. The van der Waals surface area contributed by atoms with Gasteiger partial charge in [0, 0.05) is 16.3 Å². The molecular weight excluding hydrogens is 514 g/mol. The molecule has 1 heterocycles. The molecule has 1 amide bonds. The van der Waals surface area contributed by atoms with Gasteiger partial charge in [0.1, 0.15) is 0 Å². The van der Waals surface area contributed by atoms with E-state index in [-0.39, 0.29) is 11.7 Å². The van der Waals surface area contributed by atoms with E-state index in [1.165, 1.54) is 11.8 Å². The second-order valence-electron chi connectivity index (χ2n) is 7.52. The van der Waals surface area contributed by atoms with Crippen molar-refractivity contribution in [1.82, 2.24) is 20.2 Å². The minimum atomic E-state index is -0.285. The Morgan fingerprint density at radius 2 is 1.68 bits per heavy atom. The van der Waals surface area contributed by atoms with Gasteiger partial charge in [-0.2, -0.15) is 5.10 Å². The molecule has 1 aromatic heterocycles. The molecule has 37 heavy (non-hydrogen) atoms. The molecule has 4 aromatic rings. The fourth-order valence-electron chi connectivity index (χ4n) is 3.46. The second-order valence-corrected chi connectivity index (χ2v) is 8.90. The summed E-state index contributed by atoms with van der Waals surface area (Å²) in [6.07, 6.45) is 1.55. The summed E-state index contributed by atoms with van der Waals surface area (Å²) in [5.74, 6) is 1.81. The van der Waals surface area contributed by atoms with Crippen LogP contribution in [0.25, 0.3) is 17.1 Å². The molecule has 0 saturated carbocycles. The lowest BCUT2D eigenvalue weighted by Gasteiger charge is -2.15. The van der Waals surface area contributed by atoms with E-state index in [4.69, 9.17) is 25.8 Å². The lowest BCUT2D eigenvalue weighted by atomic mass is 10.1. The third-order valence-corrected chi connectivity index (χ3v) is 6.36. The van der Waals surface area contributed by atoms with Crippen molar-refractivity contribution in [2.75, 3.05) is 27.1 Å². The maximum absolute atomic E-state index is 12.5. The first-order chi connectivity index (χ1) is 18.0. The number of methoxy groups -OCH3 is 3. The number of nitrogens with one attached hydrogen (secondary N) is 1. The molecule has 0 radical (unpaired) electrons. The van der Waals surface area contributed by atoms with E-state index in [9.17, 15) is 4.79 Å². The van der Waals surface area contributed by atoms with Crippen molar-refractivity contribution in [2.45, 2.75) is 5.16 Å². The smallest absolute Gasteiger partial charge is 0.250 e. The van der Waals surface area contributed by atoms with Crippen LogP contribution in [0.1, 0.15) is 5.56 Å². The van der Waals surface area contributed by atoms with Gasteiger partial charge < -0.3 is 14.2 Å². The van der Waals surface area contributed by atoms with Crippen LogP contribution in [0.4, 0.5) is 0 Å². The number of halogens is 1. The lowest BCUT2D eigenvalue weighted by Crippen LogP contribution is -2.20. The Morgan fingerprint density at radius 1 is 1.00 bits per heavy atom. The van der Waals surface area contributed by atoms with Crippen molar-refractivity contribution < 1.29 is 19.0 Å². The van der Waals surface area contributed by atoms with Gasteiger partial charge in [-0.3, -0.25) is 9.36 Å². The van der Waals surface area contributed by atoms with Crippen LogP contribution in [-0.2, 0) is 4.79 Å².